The van der Waals surface area contributed by atoms with Gasteiger partial charge in [-0.25, -0.2) is 4.39 Å². The predicted octanol–water partition coefficient (Wildman–Crippen LogP) is 5.21. The lowest BCUT2D eigenvalue weighted by Gasteiger charge is -2.36. The molecule has 0 saturated heterocycles. The first-order valence-electron chi connectivity index (χ1n) is 7.79. The highest BCUT2D eigenvalue weighted by molar-refractivity contribution is 5.53. The highest BCUT2D eigenvalue weighted by atomic mass is 19.4. The molecule has 2 aliphatic rings. The molecule has 5 heteroatoms. The molecule has 1 nitrogen and oxygen atoms in total. The molecular weight excluding hydrogens is 284 g/mol. The second-order valence-electron chi connectivity index (χ2n) is 6.49. The number of carbonyl (C=O) groups is 1. The van der Waals surface area contributed by atoms with E-state index >= 15 is 0 Å². The van der Waals surface area contributed by atoms with Crippen LogP contribution in [0.15, 0.2) is 11.9 Å². The fraction of sp³-hybridized carbons (Fsp3) is 0.812. The van der Waals surface area contributed by atoms with Gasteiger partial charge >= 0.3 is 6.18 Å². The van der Waals surface area contributed by atoms with E-state index in [1.807, 2.05) is 0 Å². The van der Waals surface area contributed by atoms with E-state index in [2.05, 4.69) is 0 Å². The molecule has 0 aromatic carbocycles. The van der Waals surface area contributed by atoms with Gasteiger partial charge in [-0.3, -0.25) is 0 Å². The van der Waals surface area contributed by atoms with Crippen molar-refractivity contribution in [3.63, 3.8) is 0 Å². The molecular formula is C16H22F4O. The van der Waals surface area contributed by atoms with Crippen molar-refractivity contribution in [2.45, 2.75) is 57.5 Å². The number of carbonyl (C=O) groups excluding carboxylic acids is 1. The molecule has 21 heavy (non-hydrogen) atoms. The third-order valence-corrected chi connectivity index (χ3v) is 5.14. The monoisotopic (exact) mass is 306 g/mol. The summed E-state index contributed by atoms with van der Waals surface area (Å²) in [6.07, 6.45) is 2.83. The molecule has 0 amide bonds. The normalized spacial score (nSPS) is 35.5. The summed E-state index contributed by atoms with van der Waals surface area (Å²) in [6, 6.07) is 0. The summed E-state index contributed by atoms with van der Waals surface area (Å²) >= 11 is 0. The zero-order chi connectivity index (χ0) is 15.5. The van der Waals surface area contributed by atoms with Crippen LogP contribution in [0.2, 0.25) is 0 Å². The van der Waals surface area contributed by atoms with Crippen molar-refractivity contribution >= 4 is 6.29 Å². The van der Waals surface area contributed by atoms with Crippen LogP contribution in [0.3, 0.4) is 0 Å². The van der Waals surface area contributed by atoms with Gasteiger partial charge in [0.15, 0.2) is 0 Å². The molecule has 0 aromatic rings. The molecule has 0 bridgehead atoms. The molecule has 0 aromatic heterocycles. The topological polar surface area (TPSA) is 17.1 Å². The number of allylic oxidation sites excluding steroid dienone is 2. The number of hydrogen-bond donors (Lipinski definition) is 0. The van der Waals surface area contributed by atoms with Crippen LogP contribution in [0.5, 0.6) is 0 Å². The SMILES string of the molecule is O=CC1CCC(C2CCC(/C(F)=C/C(F)(F)F)CC2)CC1. The number of rotatable bonds is 3. The molecule has 0 atom stereocenters. The first kappa shape index (κ1) is 16.5. The molecule has 2 rings (SSSR count). The molecule has 0 N–H and O–H groups in total. The van der Waals surface area contributed by atoms with E-state index in [-0.39, 0.29) is 12.0 Å². The standard InChI is InChI=1S/C16H22F4O/c17-15(9-16(18,19)20)14-7-5-13(6-8-14)12-3-1-11(10-21)2-4-12/h9-14H,1-8H2/b15-9-. The first-order chi connectivity index (χ1) is 9.89. The Balaban J connectivity index is 1.81. The lowest BCUT2D eigenvalue weighted by Crippen LogP contribution is -2.26. The van der Waals surface area contributed by atoms with Crippen LogP contribution in [-0.2, 0) is 4.79 Å². The summed E-state index contributed by atoms with van der Waals surface area (Å²) in [5.41, 5.74) is 0. The summed E-state index contributed by atoms with van der Waals surface area (Å²) in [6.45, 7) is 0. The van der Waals surface area contributed by atoms with Crippen LogP contribution in [0, 0.1) is 23.7 Å². The van der Waals surface area contributed by atoms with Crippen molar-refractivity contribution < 1.29 is 22.4 Å². The van der Waals surface area contributed by atoms with Crippen molar-refractivity contribution in [3.8, 4) is 0 Å². The fourth-order valence-corrected chi connectivity index (χ4v) is 3.89. The third kappa shape index (κ3) is 4.82. The Hall–Kier alpha value is -0.870. The quantitative estimate of drug-likeness (QED) is 0.516. The van der Waals surface area contributed by atoms with E-state index in [0.717, 1.165) is 44.8 Å². The zero-order valence-electron chi connectivity index (χ0n) is 12.0. The molecule has 2 fully saturated rings. The van der Waals surface area contributed by atoms with Crippen LogP contribution in [0.25, 0.3) is 0 Å². The minimum absolute atomic E-state index is 0.185. The van der Waals surface area contributed by atoms with Crippen molar-refractivity contribution in [3.05, 3.63) is 11.9 Å². The average Bonchev–Trinajstić information content (AvgIpc) is 2.46. The second kappa shape index (κ2) is 6.93. The van der Waals surface area contributed by atoms with Gasteiger partial charge in [-0.1, -0.05) is 0 Å². The minimum Gasteiger partial charge on any atom is -0.303 e. The van der Waals surface area contributed by atoms with Crippen molar-refractivity contribution in [2.75, 3.05) is 0 Å². The van der Waals surface area contributed by atoms with Crippen LogP contribution in [0.4, 0.5) is 17.6 Å². The number of alkyl halides is 3. The lowest BCUT2D eigenvalue weighted by atomic mass is 9.69. The largest absolute Gasteiger partial charge is 0.412 e. The number of halogens is 4. The molecule has 2 saturated carbocycles. The first-order valence-corrected chi connectivity index (χ1v) is 7.79. The van der Waals surface area contributed by atoms with E-state index in [4.69, 9.17) is 0 Å². The smallest absolute Gasteiger partial charge is 0.303 e. The maximum atomic E-state index is 13.6. The third-order valence-electron chi connectivity index (χ3n) is 5.14. The summed E-state index contributed by atoms with van der Waals surface area (Å²) in [5, 5.41) is 0. The Bertz CT molecular complexity index is 372. The molecule has 0 aliphatic heterocycles. The van der Waals surface area contributed by atoms with Gasteiger partial charge in [0, 0.05) is 11.8 Å². The molecule has 0 radical (unpaired) electrons. The summed E-state index contributed by atoms with van der Waals surface area (Å²) < 4.78 is 50.0. The van der Waals surface area contributed by atoms with Gasteiger partial charge in [-0.05, 0) is 63.2 Å². The minimum atomic E-state index is -4.56. The molecule has 0 spiro atoms. The number of hydrogen-bond acceptors (Lipinski definition) is 1. The Morgan fingerprint density at radius 1 is 0.857 bits per heavy atom. The fourth-order valence-electron chi connectivity index (χ4n) is 3.89. The number of aldehydes is 1. The van der Waals surface area contributed by atoms with E-state index in [1.165, 1.54) is 0 Å². The van der Waals surface area contributed by atoms with E-state index in [1.54, 1.807) is 0 Å². The highest BCUT2D eigenvalue weighted by Crippen LogP contribution is 2.43. The van der Waals surface area contributed by atoms with E-state index < -0.39 is 17.9 Å². The van der Waals surface area contributed by atoms with Crippen molar-refractivity contribution in [2.24, 2.45) is 23.7 Å². The van der Waals surface area contributed by atoms with Gasteiger partial charge in [0.1, 0.15) is 12.1 Å². The average molecular weight is 306 g/mol. The van der Waals surface area contributed by atoms with Crippen LogP contribution >= 0.6 is 0 Å². The van der Waals surface area contributed by atoms with Gasteiger partial charge in [0.25, 0.3) is 0 Å². The maximum Gasteiger partial charge on any atom is 0.412 e. The molecule has 0 heterocycles. The van der Waals surface area contributed by atoms with Crippen LogP contribution in [-0.4, -0.2) is 12.5 Å². The zero-order valence-corrected chi connectivity index (χ0v) is 12.0. The Kier molecular flexibility index (Phi) is 5.44. The second-order valence-corrected chi connectivity index (χ2v) is 6.49. The Morgan fingerprint density at radius 3 is 1.76 bits per heavy atom. The van der Waals surface area contributed by atoms with E-state index in [9.17, 15) is 22.4 Å². The van der Waals surface area contributed by atoms with Gasteiger partial charge in [0.05, 0.1) is 6.08 Å². The van der Waals surface area contributed by atoms with Gasteiger partial charge in [-0.2, -0.15) is 13.2 Å². The molecule has 0 unspecified atom stereocenters. The summed E-state index contributed by atoms with van der Waals surface area (Å²) in [4.78, 5) is 10.7. The van der Waals surface area contributed by atoms with E-state index in [0.29, 0.717) is 24.7 Å². The van der Waals surface area contributed by atoms with Crippen LogP contribution < -0.4 is 0 Å². The van der Waals surface area contributed by atoms with Crippen molar-refractivity contribution in [1.82, 2.24) is 0 Å². The highest BCUT2D eigenvalue weighted by Gasteiger charge is 2.33. The molecule has 120 valence electrons. The lowest BCUT2D eigenvalue weighted by molar-refractivity contribution is -0.112. The van der Waals surface area contributed by atoms with Crippen molar-refractivity contribution in [1.29, 1.82) is 0 Å². The summed E-state index contributed by atoms with van der Waals surface area (Å²) in [7, 11) is 0. The van der Waals surface area contributed by atoms with Gasteiger partial charge in [0.2, 0.25) is 0 Å². The maximum absolute atomic E-state index is 13.6. The van der Waals surface area contributed by atoms with Gasteiger partial charge < -0.3 is 4.79 Å². The molecule has 2 aliphatic carbocycles. The Morgan fingerprint density at radius 2 is 1.33 bits per heavy atom. The van der Waals surface area contributed by atoms with Crippen LogP contribution in [0.1, 0.15) is 51.4 Å². The van der Waals surface area contributed by atoms with Gasteiger partial charge in [-0.15, -0.1) is 0 Å². The summed E-state index contributed by atoms with van der Waals surface area (Å²) in [5.74, 6) is -0.325. The predicted molar refractivity (Wildman–Crippen MR) is 72.2 cm³/mol. The Labute approximate surface area is 122 Å².